The van der Waals surface area contributed by atoms with Gasteiger partial charge in [-0.1, -0.05) is 42.5 Å². The van der Waals surface area contributed by atoms with E-state index in [9.17, 15) is 4.79 Å². The Hall–Kier alpha value is -2.03. The summed E-state index contributed by atoms with van der Waals surface area (Å²) in [5, 5.41) is 5.02. The number of hydrogen-bond acceptors (Lipinski definition) is 1. The van der Waals surface area contributed by atoms with E-state index >= 15 is 0 Å². The molecule has 0 heterocycles. The van der Waals surface area contributed by atoms with Crippen LogP contribution in [0.3, 0.4) is 0 Å². The van der Waals surface area contributed by atoms with Crippen molar-refractivity contribution in [3.63, 3.8) is 0 Å². The number of fused-ring (bicyclic) bond motifs is 1. The normalized spacial score (nSPS) is 10.2. The number of rotatable bonds is 2. The molecule has 3 nitrogen and oxygen atoms in total. The van der Waals surface area contributed by atoms with E-state index in [0.29, 0.717) is 6.54 Å². The van der Waals surface area contributed by atoms with Crippen molar-refractivity contribution in [1.29, 1.82) is 0 Å². The molecule has 0 aromatic heterocycles. The maximum atomic E-state index is 11.5. The molecule has 88 valence electrons. The Bertz CT molecular complexity index is 531. The minimum atomic E-state index is -0.0714. The van der Waals surface area contributed by atoms with Crippen LogP contribution in [0.15, 0.2) is 42.5 Å². The summed E-state index contributed by atoms with van der Waals surface area (Å²) in [5.41, 5.74) is 1.16. The molecule has 2 amide bonds. The monoisotopic (exact) mass is 228 g/mol. The van der Waals surface area contributed by atoms with E-state index in [0.717, 1.165) is 5.56 Å². The minimum Gasteiger partial charge on any atom is -0.341 e. The molecule has 0 fully saturated rings. The van der Waals surface area contributed by atoms with Crippen molar-refractivity contribution in [2.24, 2.45) is 0 Å². The summed E-state index contributed by atoms with van der Waals surface area (Å²) in [4.78, 5) is 13.1. The Morgan fingerprint density at radius 2 is 1.88 bits per heavy atom. The van der Waals surface area contributed by atoms with Crippen LogP contribution in [0.1, 0.15) is 5.56 Å². The summed E-state index contributed by atoms with van der Waals surface area (Å²) in [6.45, 7) is 0.612. The lowest BCUT2D eigenvalue weighted by Gasteiger charge is -2.17. The van der Waals surface area contributed by atoms with Gasteiger partial charge in [-0.2, -0.15) is 0 Å². The Balaban J connectivity index is 2.33. The summed E-state index contributed by atoms with van der Waals surface area (Å²) in [6.07, 6.45) is 0. The summed E-state index contributed by atoms with van der Waals surface area (Å²) < 4.78 is 0. The summed E-state index contributed by atoms with van der Waals surface area (Å²) in [7, 11) is 3.43. The lowest BCUT2D eigenvalue weighted by Crippen LogP contribution is -2.34. The highest BCUT2D eigenvalue weighted by Gasteiger charge is 2.08. The molecular weight excluding hydrogens is 212 g/mol. The fourth-order valence-electron chi connectivity index (χ4n) is 1.95. The molecule has 17 heavy (non-hydrogen) atoms. The number of hydrogen-bond donors (Lipinski definition) is 1. The SMILES string of the molecule is CNC(=O)N(C)Cc1cccc2ccccc12. The van der Waals surface area contributed by atoms with Gasteiger partial charge in [0.2, 0.25) is 0 Å². The molecule has 3 heteroatoms. The molecule has 0 aliphatic carbocycles. The third kappa shape index (κ3) is 2.38. The van der Waals surface area contributed by atoms with Gasteiger partial charge < -0.3 is 10.2 Å². The van der Waals surface area contributed by atoms with Crippen molar-refractivity contribution in [1.82, 2.24) is 10.2 Å². The number of carbonyl (C=O) groups is 1. The Kier molecular flexibility index (Phi) is 3.28. The fraction of sp³-hybridized carbons (Fsp3) is 0.214. The van der Waals surface area contributed by atoms with Gasteiger partial charge in [0, 0.05) is 20.6 Å². The maximum absolute atomic E-state index is 11.5. The van der Waals surface area contributed by atoms with Crippen LogP contribution in [0.2, 0.25) is 0 Å². The minimum absolute atomic E-state index is 0.0714. The van der Waals surface area contributed by atoms with E-state index in [-0.39, 0.29) is 6.03 Å². The predicted octanol–water partition coefficient (Wildman–Crippen LogP) is 2.61. The molecule has 2 aromatic carbocycles. The molecule has 0 spiro atoms. The van der Waals surface area contributed by atoms with Gasteiger partial charge in [0.1, 0.15) is 0 Å². The van der Waals surface area contributed by atoms with Gasteiger partial charge in [0.05, 0.1) is 0 Å². The van der Waals surface area contributed by atoms with Gasteiger partial charge in [-0.05, 0) is 16.3 Å². The van der Waals surface area contributed by atoms with Crippen molar-refractivity contribution in [2.75, 3.05) is 14.1 Å². The zero-order valence-corrected chi connectivity index (χ0v) is 10.1. The van der Waals surface area contributed by atoms with E-state index in [1.54, 1.807) is 19.0 Å². The lowest BCUT2D eigenvalue weighted by molar-refractivity contribution is 0.209. The average molecular weight is 228 g/mol. The zero-order valence-electron chi connectivity index (χ0n) is 10.1. The molecule has 0 saturated heterocycles. The molecule has 1 N–H and O–H groups in total. The van der Waals surface area contributed by atoms with Crippen LogP contribution in [-0.2, 0) is 6.54 Å². The highest BCUT2D eigenvalue weighted by atomic mass is 16.2. The number of nitrogens with one attached hydrogen (secondary N) is 1. The van der Waals surface area contributed by atoms with Crippen molar-refractivity contribution in [2.45, 2.75) is 6.54 Å². The maximum Gasteiger partial charge on any atom is 0.317 e. The molecule has 0 bridgehead atoms. The number of benzene rings is 2. The van der Waals surface area contributed by atoms with Crippen molar-refractivity contribution >= 4 is 16.8 Å². The van der Waals surface area contributed by atoms with Crippen LogP contribution in [0, 0.1) is 0 Å². The molecule has 2 aromatic rings. The second-order valence-electron chi connectivity index (χ2n) is 4.05. The van der Waals surface area contributed by atoms with Crippen LogP contribution in [-0.4, -0.2) is 25.0 Å². The quantitative estimate of drug-likeness (QED) is 0.842. The Morgan fingerprint density at radius 1 is 1.18 bits per heavy atom. The van der Waals surface area contributed by atoms with E-state index < -0.39 is 0 Å². The van der Waals surface area contributed by atoms with Gasteiger partial charge in [-0.15, -0.1) is 0 Å². The average Bonchev–Trinajstić information content (AvgIpc) is 2.38. The summed E-state index contributed by atoms with van der Waals surface area (Å²) >= 11 is 0. The number of carbonyl (C=O) groups excluding carboxylic acids is 1. The van der Waals surface area contributed by atoms with Gasteiger partial charge in [-0.25, -0.2) is 4.79 Å². The topological polar surface area (TPSA) is 32.3 Å². The van der Waals surface area contributed by atoms with Crippen molar-refractivity contribution in [3.05, 3.63) is 48.0 Å². The summed E-state index contributed by atoms with van der Waals surface area (Å²) in [6, 6.07) is 14.3. The Labute approximate surface area is 101 Å². The first-order valence-corrected chi connectivity index (χ1v) is 5.62. The van der Waals surface area contributed by atoms with Crippen molar-refractivity contribution < 1.29 is 4.79 Å². The van der Waals surface area contributed by atoms with Crippen LogP contribution >= 0.6 is 0 Å². The zero-order chi connectivity index (χ0) is 12.3. The van der Waals surface area contributed by atoms with Crippen LogP contribution in [0.5, 0.6) is 0 Å². The van der Waals surface area contributed by atoms with Gasteiger partial charge >= 0.3 is 6.03 Å². The second kappa shape index (κ2) is 4.87. The lowest BCUT2D eigenvalue weighted by atomic mass is 10.0. The van der Waals surface area contributed by atoms with Gasteiger partial charge in [0.25, 0.3) is 0 Å². The van der Waals surface area contributed by atoms with E-state index in [2.05, 4.69) is 29.6 Å². The van der Waals surface area contributed by atoms with Crippen LogP contribution in [0.25, 0.3) is 10.8 Å². The molecule has 0 unspecified atom stereocenters. The standard InChI is InChI=1S/C14H16N2O/c1-15-14(17)16(2)10-12-8-5-7-11-6-3-4-9-13(11)12/h3-9H,10H2,1-2H3,(H,15,17). The van der Waals surface area contributed by atoms with Crippen LogP contribution in [0.4, 0.5) is 4.79 Å². The highest BCUT2D eigenvalue weighted by Crippen LogP contribution is 2.19. The first kappa shape index (κ1) is 11.5. The number of nitrogens with zero attached hydrogens (tertiary/aromatic N) is 1. The van der Waals surface area contributed by atoms with Gasteiger partial charge in [0.15, 0.2) is 0 Å². The first-order chi connectivity index (χ1) is 8.22. The molecule has 0 saturated carbocycles. The molecule has 2 rings (SSSR count). The number of amides is 2. The molecular formula is C14H16N2O. The van der Waals surface area contributed by atoms with Crippen molar-refractivity contribution in [3.8, 4) is 0 Å². The Morgan fingerprint density at radius 3 is 2.65 bits per heavy atom. The fourth-order valence-corrected chi connectivity index (χ4v) is 1.95. The summed E-state index contributed by atoms with van der Waals surface area (Å²) in [5.74, 6) is 0. The molecule has 0 aliphatic heterocycles. The largest absolute Gasteiger partial charge is 0.341 e. The molecule has 0 atom stereocenters. The van der Waals surface area contributed by atoms with Crippen LogP contribution < -0.4 is 5.32 Å². The third-order valence-corrected chi connectivity index (χ3v) is 2.85. The smallest absolute Gasteiger partial charge is 0.317 e. The van der Waals surface area contributed by atoms with E-state index in [1.165, 1.54) is 10.8 Å². The first-order valence-electron chi connectivity index (χ1n) is 5.62. The van der Waals surface area contributed by atoms with E-state index in [4.69, 9.17) is 0 Å². The molecule has 0 aliphatic rings. The molecule has 0 radical (unpaired) electrons. The highest BCUT2D eigenvalue weighted by molar-refractivity contribution is 5.86. The van der Waals surface area contributed by atoms with Gasteiger partial charge in [-0.3, -0.25) is 0 Å². The third-order valence-electron chi connectivity index (χ3n) is 2.85. The second-order valence-corrected chi connectivity index (χ2v) is 4.05. The predicted molar refractivity (Wildman–Crippen MR) is 69.9 cm³/mol. The van der Waals surface area contributed by atoms with E-state index in [1.807, 2.05) is 18.2 Å². The number of urea groups is 1.